The Morgan fingerprint density at radius 3 is 2.83 bits per heavy atom. The minimum Gasteiger partial charge on any atom is -0.358 e. The number of nitrogens with one attached hydrogen (secondary N) is 2. The van der Waals surface area contributed by atoms with Gasteiger partial charge in [-0.3, -0.25) is 9.48 Å². The average Bonchev–Trinajstić information content (AvgIpc) is 2.60. The van der Waals surface area contributed by atoms with E-state index < -0.39 is 6.04 Å². The van der Waals surface area contributed by atoms with E-state index in [-0.39, 0.29) is 5.91 Å². The van der Waals surface area contributed by atoms with Crippen LogP contribution in [0, 0.1) is 18.3 Å². The third-order valence-electron chi connectivity index (χ3n) is 2.63. The van der Waals surface area contributed by atoms with Crippen LogP contribution in [0.15, 0.2) is 0 Å². The number of aromatic nitrogens is 2. The largest absolute Gasteiger partial charge is 0.358 e. The van der Waals surface area contributed by atoms with Crippen LogP contribution in [-0.2, 0) is 11.8 Å². The SMILES string of the molecule is CCCNC(=O)C(C)Nc1c(C#N)c(C)nn1C. The van der Waals surface area contributed by atoms with E-state index in [4.69, 9.17) is 5.26 Å². The predicted molar refractivity (Wildman–Crippen MR) is 69.0 cm³/mol. The second-order valence-corrected chi connectivity index (χ2v) is 4.20. The van der Waals surface area contributed by atoms with Gasteiger partial charge in [-0.05, 0) is 20.3 Å². The molecule has 0 aliphatic heterocycles. The van der Waals surface area contributed by atoms with Crippen molar-refractivity contribution in [1.29, 1.82) is 5.26 Å². The Kier molecular flexibility index (Phi) is 4.72. The van der Waals surface area contributed by atoms with Gasteiger partial charge in [0.05, 0.1) is 5.69 Å². The molecule has 1 aromatic rings. The summed E-state index contributed by atoms with van der Waals surface area (Å²) in [5.41, 5.74) is 1.14. The molecular weight excluding hydrogens is 230 g/mol. The highest BCUT2D eigenvalue weighted by atomic mass is 16.2. The Bertz CT molecular complexity index is 472. The van der Waals surface area contributed by atoms with Gasteiger partial charge in [-0.15, -0.1) is 0 Å². The number of nitrogens with zero attached hydrogens (tertiary/aromatic N) is 3. The van der Waals surface area contributed by atoms with Crippen LogP contribution < -0.4 is 10.6 Å². The molecule has 1 heterocycles. The molecule has 0 fully saturated rings. The Balaban J connectivity index is 2.79. The molecule has 2 N–H and O–H groups in total. The monoisotopic (exact) mass is 249 g/mol. The molecule has 0 aliphatic rings. The molecule has 1 rings (SSSR count). The van der Waals surface area contributed by atoms with Crippen LogP contribution >= 0.6 is 0 Å². The Hall–Kier alpha value is -2.03. The molecule has 98 valence electrons. The van der Waals surface area contributed by atoms with E-state index in [1.807, 2.05) is 6.92 Å². The van der Waals surface area contributed by atoms with Crippen LogP contribution in [0.5, 0.6) is 0 Å². The van der Waals surface area contributed by atoms with E-state index in [1.54, 1.807) is 25.6 Å². The maximum Gasteiger partial charge on any atom is 0.242 e. The Morgan fingerprint density at radius 2 is 2.28 bits per heavy atom. The van der Waals surface area contributed by atoms with Gasteiger partial charge in [-0.2, -0.15) is 10.4 Å². The molecule has 0 aromatic carbocycles. The molecule has 6 nitrogen and oxygen atoms in total. The van der Waals surface area contributed by atoms with Crippen molar-refractivity contribution >= 4 is 11.7 Å². The molecule has 18 heavy (non-hydrogen) atoms. The number of carbonyl (C=O) groups is 1. The van der Waals surface area contributed by atoms with Gasteiger partial charge >= 0.3 is 0 Å². The zero-order valence-corrected chi connectivity index (χ0v) is 11.2. The molecule has 1 aromatic heterocycles. The van der Waals surface area contributed by atoms with E-state index in [2.05, 4.69) is 21.8 Å². The van der Waals surface area contributed by atoms with E-state index in [9.17, 15) is 4.79 Å². The van der Waals surface area contributed by atoms with E-state index in [0.717, 1.165) is 6.42 Å². The number of rotatable bonds is 5. The van der Waals surface area contributed by atoms with Crippen LogP contribution in [0.1, 0.15) is 31.5 Å². The van der Waals surface area contributed by atoms with Gasteiger partial charge in [0.2, 0.25) is 5.91 Å². The number of hydrogen-bond donors (Lipinski definition) is 2. The van der Waals surface area contributed by atoms with Crippen LogP contribution in [0.3, 0.4) is 0 Å². The summed E-state index contributed by atoms with van der Waals surface area (Å²) in [5.74, 6) is 0.494. The third-order valence-corrected chi connectivity index (χ3v) is 2.63. The Morgan fingerprint density at radius 1 is 1.61 bits per heavy atom. The number of nitriles is 1. The Labute approximate surface area is 107 Å². The standard InChI is InChI=1S/C12H19N5O/c1-5-6-14-12(18)9(3)15-11-10(7-13)8(2)16-17(11)4/h9,15H,5-6H2,1-4H3,(H,14,18). The maximum absolute atomic E-state index is 11.7. The van der Waals surface area contributed by atoms with E-state index in [0.29, 0.717) is 23.6 Å². The van der Waals surface area contributed by atoms with Crippen LogP contribution in [-0.4, -0.2) is 28.3 Å². The molecule has 0 saturated heterocycles. The molecule has 0 bridgehead atoms. The smallest absolute Gasteiger partial charge is 0.242 e. The van der Waals surface area contributed by atoms with Crippen molar-refractivity contribution in [2.45, 2.75) is 33.2 Å². The topological polar surface area (TPSA) is 82.7 Å². The molecule has 1 atom stereocenters. The minimum absolute atomic E-state index is 0.0837. The lowest BCUT2D eigenvalue weighted by atomic mass is 10.2. The lowest BCUT2D eigenvalue weighted by Gasteiger charge is -2.15. The van der Waals surface area contributed by atoms with Crippen molar-refractivity contribution in [3.63, 3.8) is 0 Å². The number of aryl methyl sites for hydroxylation is 2. The number of carbonyl (C=O) groups excluding carboxylic acids is 1. The summed E-state index contributed by atoms with van der Waals surface area (Å²) in [7, 11) is 1.74. The summed E-state index contributed by atoms with van der Waals surface area (Å²) in [6.07, 6.45) is 0.896. The first-order chi connectivity index (χ1) is 8.51. The van der Waals surface area contributed by atoms with Gasteiger partial charge in [0.1, 0.15) is 23.5 Å². The van der Waals surface area contributed by atoms with Crippen LogP contribution in [0.25, 0.3) is 0 Å². The second kappa shape index (κ2) is 6.05. The molecule has 0 aliphatic carbocycles. The number of anilines is 1. The summed E-state index contributed by atoms with van der Waals surface area (Å²) in [4.78, 5) is 11.7. The quantitative estimate of drug-likeness (QED) is 0.813. The molecule has 1 unspecified atom stereocenters. The van der Waals surface area contributed by atoms with Crippen molar-refractivity contribution in [3.05, 3.63) is 11.3 Å². The van der Waals surface area contributed by atoms with Crippen molar-refractivity contribution < 1.29 is 4.79 Å². The molecular formula is C12H19N5O. The summed E-state index contributed by atoms with van der Waals surface area (Å²) in [6, 6.07) is 1.69. The average molecular weight is 249 g/mol. The molecule has 0 saturated carbocycles. The van der Waals surface area contributed by atoms with Gasteiger partial charge in [0.15, 0.2) is 0 Å². The first kappa shape index (κ1) is 14.0. The van der Waals surface area contributed by atoms with Gasteiger partial charge in [0.25, 0.3) is 0 Å². The molecule has 0 spiro atoms. The third kappa shape index (κ3) is 3.00. The number of hydrogen-bond acceptors (Lipinski definition) is 4. The summed E-state index contributed by atoms with van der Waals surface area (Å²) < 4.78 is 1.58. The van der Waals surface area contributed by atoms with Crippen molar-refractivity contribution in [2.75, 3.05) is 11.9 Å². The highest BCUT2D eigenvalue weighted by molar-refractivity contribution is 5.84. The fourth-order valence-corrected chi connectivity index (χ4v) is 1.63. The maximum atomic E-state index is 11.7. The lowest BCUT2D eigenvalue weighted by molar-refractivity contribution is -0.121. The minimum atomic E-state index is -0.404. The van der Waals surface area contributed by atoms with E-state index in [1.165, 1.54) is 0 Å². The van der Waals surface area contributed by atoms with Gasteiger partial charge in [0, 0.05) is 13.6 Å². The van der Waals surface area contributed by atoms with Crippen LogP contribution in [0.4, 0.5) is 5.82 Å². The molecule has 6 heteroatoms. The lowest BCUT2D eigenvalue weighted by Crippen LogP contribution is -2.38. The zero-order chi connectivity index (χ0) is 13.7. The van der Waals surface area contributed by atoms with Crippen molar-refractivity contribution in [3.8, 4) is 6.07 Å². The molecule has 1 amide bonds. The van der Waals surface area contributed by atoms with Gasteiger partial charge < -0.3 is 10.6 Å². The highest BCUT2D eigenvalue weighted by Gasteiger charge is 2.18. The van der Waals surface area contributed by atoms with E-state index >= 15 is 0 Å². The van der Waals surface area contributed by atoms with Crippen molar-refractivity contribution in [2.24, 2.45) is 7.05 Å². The predicted octanol–water partition coefficient (Wildman–Crippen LogP) is 0.927. The first-order valence-corrected chi connectivity index (χ1v) is 5.99. The first-order valence-electron chi connectivity index (χ1n) is 5.99. The highest BCUT2D eigenvalue weighted by Crippen LogP contribution is 2.18. The fourth-order valence-electron chi connectivity index (χ4n) is 1.63. The summed E-state index contributed by atoms with van der Waals surface area (Å²) in [6.45, 7) is 6.18. The van der Waals surface area contributed by atoms with Crippen LogP contribution in [0.2, 0.25) is 0 Å². The normalized spacial score (nSPS) is 11.7. The number of amides is 1. The van der Waals surface area contributed by atoms with Gasteiger partial charge in [-0.1, -0.05) is 6.92 Å². The van der Waals surface area contributed by atoms with Gasteiger partial charge in [-0.25, -0.2) is 0 Å². The fraction of sp³-hybridized carbons (Fsp3) is 0.583. The molecule has 0 radical (unpaired) electrons. The second-order valence-electron chi connectivity index (χ2n) is 4.20. The summed E-state index contributed by atoms with van der Waals surface area (Å²) in [5, 5.41) is 19.0. The zero-order valence-electron chi connectivity index (χ0n) is 11.2. The van der Waals surface area contributed by atoms with Crippen molar-refractivity contribution in [1.82, 2.24) is 15.1 Å². The summed E-state index contributed by atoms with van der Waals surface area (Å²) >= 11 is 0.